The number of ether oxygens (including phenoxy) is 1. The zero-order valence-electron chi connectivity index (χ0n) is 10.8. The zero-order valence-corrected chi connectivity index (χ0v) is 15.5. The first-order valence-corrected chi connectivity index (χ1v) is 8.56. The highest BCUT2D eigenvalue weighted by molar-refractivity contribution is 9.11. The van der Waals surface area contributed by atoms with Crippen molar-refractivity contribution in [3.63, 3.8) is 0 Å². The SMILES string of the molecule is CCCCOCC(O)CNc1c(Br)cc(Br)cc1Br. The molecule has 1 atom stereocenters. The Morgan fingerprint density at radius 2 is 1.89 bits per heavy atom. The first-order chi connectivity index (χ1) is 9.04. The maximum Gasteiger partial charge on any atom is 0.0945 e. The van der Waals surface area contributed by atoms with Crippen LogP contribution in [0.4, 0.5) is 5.69 Å². The van der Waals surface area contributed by atoms with Crippen LogP contribution in [-0.4, -0.2) is 31.0 Å². The van der Waals surface area contributed by atoms with E-state index in [9.17, 15) is 5.11 Å². The van der Waals surface area contributed by atoms with Gasteiger partial charge in [0.2, 0.25) is 0 Å². The summed E-state index contributed by atoms with van der Waals surface area (Å²) in [5.74, 6) is 0. The van der Waals surface area contributed by atoms with Crippen molar-refractivity contribution in [2.45, 2.75) is 25.9 Å². The number of hydrogen-bond acceptors (Lipinski definition) is 3. The lowest BCUT2D eigenvalue weighted by molar-refractivity contribution is 0.0421. The van der Waals surface area contributed by atoms with Crippen LogP contribution in [0.25, 0.3) is 0 Å². The Morgan fingerprint density at radius 1 is 1.26 bits per heavy atom. The van der Waals surface area contributed by atoms with Crippen LogP contribution in [0.2, 0.25) is 0 Å². The van der Waals surface area contributed by atoms with E-state index in [1.165, 1.54) is 0 Å². The van der Waals surface area contributed by atoms with Crippen LogP contribution in [0, 0.1) is 0 Å². The average molecular weight is 460 g/mol. The van der Waals surface area contributed by atoms with E-state index in [0.29, 0.717) is 19.8 Å². The van der Waals surface area contributed by atoms with Gasteiger partial charge in [-0.2, -0.15) is 0 Å². The fraction of sp³-hybridized carbons (Fsp3) is 0.538. The van der Waals surface area contributed by atoms with Gasteiger partial charge in [-0.05, 0) is 50.4 Å². The van der Waals surface area contributed by atoms with E-state index in [4.69, 9.17) is 4.74 Å². The minimum atomic E-state index is -0.515. The topological polar surface area (TPSA) is 41.5 Å². The van der Waals surface area contributed by atoms with Crippen molar-refractivity contribution < 1.29 is 9.84 Å². The van der Waals surface area contributed by atoms with Crippen LogP contribution >= 0.6 is 47.8 Å². The molecule has 0 amide bonds. The van der Waals surface area contributed by atoms with Crippen LogP contribution < -0.4 is 5.32 Å². The molecule has 0 spiro atoms. The minimum Gasteiger partial charge on any atom is -0.389 e. The van der Waals surface area contributed by atoms with E-state index in [-0.39, 0.29) is 0 Å². The van der Waals surface area contributed by atoms with Crippen LogP contribution in [0.3, 0.4) is 0 Å². The van der Waals surface area contributed by atoms with Crippen molar-refractivity contribution in [2.75, 3.05) is 25.1 Å². The lowest BCUT2D eigenvalue weighted by Gasteiger charge is -2.15. The molecule has 0 radical (unpaired) electrons. The molecule has 1 unspecified atom stereocenters. The summed E-state index contributed by atoms with van der Waals surface area (Å²) in [6.07, 6.45) is 1.62. The second kappa shape index (κ2) is 9.34. The smallest absolute Gasteiger partial charge is 0.0945 e. The summed E-state index contributed by atoms with van der Waals surface area (Å²) in [5.41, 5.74) is 0.927. The maximum atomic E-state index is 9.82. The largest absolute Gasteiger partial charge is 0.389 e. The molecule has 19 heavy (non-hydrogen) atoms. The number of aliphatic hydroxyl groups excluding tert-OH is 1. The van der Waals surface area contributed by atoms with Gasteiger partial charge in [0.1, 0.15) is 0 Å². The molecule has 0 aromatic heterocycles. The molecule has 0 bridgehead atoms. The van der Waals surface area contributed by atoms with E-state index >= 15 is 0 Å². The molecule has 0 aliphatic carbocycles. The molecule has 1 rings (SSSR count). The Labute approximate surface area is 139 Å². The van der Waals surface area contributed by atoms with Gasteiger partial charge in [-0.15, -0.1) is 0 Å². The van der Waals surface area contributed by atoms with E-state index in [2.05, 4.69) is 60.0 Å². The molecule has 6 heteroatoms. The molecule has 2 N–H and O–H groups in total. The molecule has 0 saturated heterocycles. The van der Waals surface area contributed by atoms with Crippen LogP contribution in [0.15, 0.2) is 25.6 Å². The number of benzene rings is 1. The number of unbranched alkanes of at least 4 members (excludes halogenated alkanes) is 1. The number of aliphatic hydroxyl groups is 1. The summed E-state index contributed by atoms with van der Waals surface area (Å²) in [6, 6.07) is 3.91. The van der Waals surface area contributed by atoms with Gasteiger partial charge in [0.25, 0.3) is 0 Å². The molecule has 0 aliphatic rings. The van der Waals surface area contributed by atoms with Crippen LogP contribution in [0.1, 0.15) is 19.8 Å². The summed E-state index contributed by atoms with van der Waals surface area (Å²) >= 11 is 10.4. The van der Waals surface area contributed by atoms with Crippen molar-refractivity contribution in [1.82, 2.24) is 0 Å². The van der Waals surface area contributed by atoms with Gasteiger partial charge in [0.15, 0.2) is 0 Å². The number of halogens is 3. The number of hydrogen-bond donors (Lipinski definition) is 2. The lowest BCUT2D eigenvalue weighted by Crippen LogP contribution is -2.25. The minimum absolute atomic E-state index is 0.360. The van der Waals surface area contributed by atoms with Crippen molar-refractivity contribution in [2.24, 2.45) is 0 Å². The summed E-state index contributed by atoms with van der Waals surface area (Å²) < 4.78 is 8.24. The van der Waals surface area contributed by atoms with Crippen LogP contribution in [-0.2, 0) is 4.74 Å². The Bertz CT molecular complexity index is 378. The number of nitrogens with one attached hydrogen (secondary N) is 1. The lowest BCUT2D eigenvalue weighted by atomic mass is 10.3. The maximum absolute atomic E-state index is 9.82. The third-order valence-electron chi connectivity index (χ3n) is 2.47. The molecule has 0 fully saturated rings. The Hall–Kier alpha value is 0.380. The third-order valence-corrected chi connectivity index (χ3v) is 4.18. The molecular weight excluding hydrogens is 442 g/mol. The van der Waals surface area contributed by atoms with Gasteiger partial charge in [0, 0.05) is 26.6 Å². The summed E-state index contributed by atoms with van der Waals surface area (Å²) in [6.45, 7) is 3.63. The standard InChI is InChI=1S/C13H18Br3NO2/c1-2-3-4-19-8-10(18)7-17-13-11(15)5-9(14)6-12(13)16/h5-6,10,17-18H,2-4,7-8H2,1H3. The normalized spacial score (nSPS) is 12.5. The van der Waals surface area contributed by atoms with Crippen molar-refractivity contribution in [1.29, 1.82) is 0 Å². The molecule has 1 aromatic rings. The average Bonchev–Trinajstić information content (AvgIpc) is 2.33. The zero-order chi connectivity index (χ0) is 14.3. The fourth-order valence-corrected chi connectivity index (χ4v) is 3.99. The quantitative estimate of drug-likeness (QED) is 0.560. The van der Waals surface area contributed by atoms with E-state index in [0.717, 1.165) is 31.9 Å². The van der Waals surface area contributed by atoms with E-state index < -0.39 is 6.10 Å². The molecule has 0 saturated carbocycles. The molecule has 0 heterocycles. The second-order valence-electron chi connectivity index (χ2n) is 4.21. The van der Waals surface area contributed by atoms with Gasteiger partial charge >= 0.3 is 0 Å². The summed E-state index contributed by atoms with van der Waals surface area (Å²) in [7, 11) is 0. The van der Waals surface area contributed by atoms with Crippen molar-refractivity contribution in [3.05, 3.63) is 25.6 Å². The second-order valence-corrected chi connectivity index (χ2v) is 6.83. The Morgan fingerprint density at radius 3 is 2.47 bits per heavy atom. The van der Waals surface area contributed by atoms with Crippen molar-refractivity contribution in [3.8, 4) is 0 Å². The van der Waals surface area contributed by atoms with Gasteiger partial charge in [0.05, 0.1) is 18.4 Å². The third kappa shape index (κ3) is 6.58. The number of rotatable bonds is 8. The predicted molar refractivity (Wildman–Crippen MR) is 89.8 cm³/mol. The van der Waals surface area contributed by atoms with Gasteiger partial charge in [-0.1, -0.05) is 29.3 Å². The predicted octanol–water partition coefficient (Wildman–Crippen LogP) is 4.56. The highest BCUT2D eigenvalue weighted by Gasteiger charge is 2.09. The van der Waals surface area contributed by atoms with Gasteiger partial charge in [-0.3, -0.25) is 0 Å². The first kappa shape index (κ1) is 17.4. The molecule has 3 nitrogen and oxygen atoms in total. The molecule has 0 aliphatic heterocycles. The van der Waals surface area contributed by atoms with Gasteiger partial charge < -0.3 is 15.2 Å². The highest BCUT2D eigenvalue weighted by Crippen LogP contribution is 2.34. The van der Waals surface area contributed by atoms with E-state index in [1.807, 2.05) is 12.1 Å². The van der Waals surface area contributed by atoms with E-state index in [1.54, 1.807) is 0 Å². The number of anilines is 1. The van der Waals surface area contributed by atoms with Crippen LogP contribution in [0.5, 0.6) is 0 Å². The molecule has 1 aromatic carbocycles. The summed E-state index contributed by atoms with van der Waals surface area (Å²) in [5, 5.41) is 13.0. The molecular formula is C13H18Br3NO2. The Kier molecular flexibility index (Phi) is 8.57. The highest BCUT2D eigenvalue weighted by atomic mass is 79.9. The monoisotopic (exact) mass is 457 g/mol. The molecule has 108 valence electrons. The van der Waals surface area contributed by atoms with Crippen molar-refractivity contribution >= 4 is 53.5 Å². The van der Waals surface area contributed by atoms with Gasteiger partial charge in [-0.25, -0.2) is 0 Å². The first-order valence-electron chi connectivity index (χ1n) is 6.18. The summed E-state index contributed by atoms with van der Waals surface area (Å²) in [4.78, 5) is 0. The fourth-order valence-electron chi connectivity index (χ4n) is 1.46. The Balaban J connectivity index is 2.40.